The van der Waals surface area contributed by atoms with E-state index in [1.54, 1.807) is 4.90 Å². The van der Waals surface area contributed by atoms with Gasteiger partial charge in [0.25, 0.3) is 0 Å². The summed E-state index contributed by atoms with van der Waals surface area (Å²) in [5, 5.41) is 9.62. The minimum atomic E-state index is -0.840. The number of hydrogen-bond donors (Lipinski definition) is 1. The second-order valence-corrected chi connectivity index (χ2v) is 7.75. The molecule has 4 rings (SSSR count). The molecule has 0 aliphatic heterocycles. The Morgan fingerprint density at radius 3 is 2.64 bits per heavy atom. The first-order valence-corrected chi connectivity index (χ1v) is 9.92. The fourth-order valence-electron chi connectivity index (χ4n) is 4.31. The number of carbonyl (C=O) groups is 1. The average Bonchev–Trinajstić information content (AvgIpc) is 3.14. The van der Waals surface area contributed by atoms with Crippen molar-refractivity contribution in [1.82, 2.24) is 19.3 Å². The minimum Gasteiger partial charge on any atom is -0.465 e. The number of aromatic nitrogens is 3. The molecule has 1 aliphatic rings. The third-order valence-corrected chi connectivity index (χ3v) is 5.86. The fraction of sp³-hybridized carbons (Fsp3) is 0.409. The SMILES string of the molecule is Cc1nccn2c(C3CCC(CN(Cc4ccccc4)C(=O)O)CC3)ncc12. The molecule has 1 fully saturated rings. The number of aryl methyl sites for hydroxylation is 1. The van der Waals surface area contributed by atoms with Crippen LogP contribution in [-0.4, -0.2) is 37.0 Å². The number of hydrogen-bond acceptors (Lipinski definition) is 3. The summed E-state index contributed by atoms with van der Waals surface area (Å²) >= 11 is 0. The Kier molecular flexibility index (Phi) is 5.28. The van der Waals surface area contributed by atoms with Gasteiger partial charge >= 0.3 is 6.09 Å². The predicted octanol–water partition coefficient (Wildman–Crippen LogP) is 4.49. The summed E-state index contributed by atoms with van der Waals surface area (Å²) in [6.45, 7) is 3.06. The molecule has 28 heavy (non-hydrogen) atoms. The van der Waals surface area contributed by atoms with Crippen LogP contribution in [0.3, 0.4) is 0 Å². The fourth-order valence-corrected chi connectivity index (χ4v) is 4.31. The molecule has 0 bridgehead atoms. The summed E-state index contributed by atoms with van der Waals surface area (Å²) < 4.78 is 2.16. The van der Waals surface area contributed by atoms with Crippen LogP contribution < -0.4 is 0 Å². The Morgan fingerprint density at radius 1 is 1.18 bits per heavy atom. The molecule has 0 radical (unpaired) electrons. The molecule has 0 unspecified atom stereocenters. The van der Waals surface area contributed by atoms with Crippen molar-refractivity contribution < 1.29 is 9.90 Å². The molecule has 146 valence electrons. The Labute approximate surface area is 164 Å². The highest BCUT2D eigenvalue weighted by molar-refractivity contribution is 5.65. The quantitative estimate of drug-likeness (QED) is 0.710. The second kappa shape index (κ2) is 8.00. The van der Waals surface area contributed by atoms with Crippen LogP contribution in [0.25, 0.3) is 5.52 Å². The molecule has 0 atom stereocenters. The van der Waals surface area contributed by atoms with Crippen LogP contribution in [-0.2, 0) is 6.54 Å². The Morgan fingerprint density at radius 2 is 1.93 bits per heavy atom. The number of imidazole rings is 1. The van der Waals surface area contributed by atoms with E-state index in [9.17, 15) is 9.90 Å². The molecule has 2 heterocycles. The van der Waals surface area contributed by atoms with Crippen molar-refractivity contribution >= 4 is 11.6 Å². The Hall–Kier alpha value is -2.89. The lowest BCUT2D eigenvalue weighted by atomic mass is 9.81. The van der Waals surface area contributed by atoms with Crippen LogP contribution in [0.2, 0.25) is 0 Å². The zero-order valence-electron chi connectivity index (χ0n) is 16.2. The molecule has 1 N–H and O–H groups in total. The monoisotopic (exact) mass is 378 g/mol. The van der Waals surface area contributed by atoms with Crippen molar-refractivity contribution in [1.29, 1.82) is 0 Å². The summed E-state index contributed by atoms with van der Waals surface area (Å²) in [6.07, 6.45) is 9.04. The van der Waals surface area contributed by atoms with Gasteiger partial charge in [0.1, 0.15) is 5.82 Å². The molecular weight excluding hydrogens is 352 g/mol. The van der Waals surface area contributed by atoms with Crippen LogP contribution in [0, 0.1) is 12.8 Å². The van der Waals surface area contributed by atoms with Gasteiger partial charge in [-0.1, -0.05) is 30.3 Å². The van der Waals surface area contributed by atoms with Crippen molar-refractivity contribution in [2.45, 2.75) is 45.1 Å². The second-order valence-electron chi connectivity index (χ2n) is 7.75. The number of benzene rings is 1. The number of fused-ring (bicyclic) bond motifs is 1. The van der Waals surface area contributed by atoms with Crippen LogP contribution in [0.1, 0.15) is 48.7 Å². The van der Waals surface area contributed by atoms with Gasteiger partial charge in [-0.15, -0.1) is 0 Å². The van der Waals surface area contributed by atoms with Gasteiger partial charge < -0.3 is 14.4 Å². The molecule has 6 nitrogen and oxygen atoms in total. The van der Waals surface area contributed by atoms with Crippen LogP contribution in [0.15, 0.2) is 48.9 Å². The number of amides is 1. The lowest BCUT2D eigenvalue weighted by Crippen LogP contribution is -2.35. The van der Waals surface area contributed by atoms with Gasteiger partial charge in [-0.2, -0.15) is 0 Å². The highest BCUT2D eigenvalue weighted by Crippen LogP contribution is 2.36. The average molecular weight is 378 g/mol. The maximum Gasteiger partial charge on any atom is 0.407 e. The van der Waals surface area contributed by atoms with E-state index in [0.29, 0.717) is 24.9 Å². The van der Waals surface area contributed by atoms with E-state index in [4.69, 9.17) is 0 Å². The number of rotatable bonds is 5. The molecule has 1 aliphatic carbocycles. The summed E-state index contributed by atoms with van der Waals surface area (Å²) in [6, 6.07) is 9.81. The van der Waals surface area contributed by atoms with Gasteiger partial charge in [-0.05, 0) is 44.1 Å². The Bertz CT molecular complexity index is 946. The minimum absolute atomic E-state index is 0.408. The van der Waals surface area contributed by atoms with Gasteiger partial charge in [0.2, 0.25) is 0 Å². The van der Waals surface area contributed by atoms with E-state index >= 15 is 0 Å². The summed E-state index contributed by atoms with van der Waals surface area (Å²) in [5.41, 5.74) is 3.10. The Balaban J connectivity index is 1.39. The molecule has 3 aromatic rings. The molecule has 1 amide bonds. The van der Waals surface area contributed by atoms with Crippen molar-refractivity contribution in [3.8, 4) is 0 Å². The molecule has 0 saturated heterocycles. The maximum absolute atomic E-state index is 11.7. The number of nitrogens with zero attached hydrogens (tertiary/aromatic N) is 4. The first-order chi connectivity index (χ1) is 13.6. The van der Waals surface area contributed by atoms with Crippen molar-refractivity contribution in [2.24, 2.45) is 5.92 Å². The van der Waals surface area contributed by atoms with Gasteiger partial charge in [-0.3, -0.25) is 4.98 Å². The lowest BCUT2D eigenvalue weighted by molar-refractivity contribution is 0.126. The third-order valence-electron chi connectivity index (χ3n) is 5.86. The smallest absolute Gasteiger partial charge is 0.407 e. The van der Waals surface area contributed by atoms with Gasteiger partial charge in [0.15, 0.2) is 0 Å². The highest BCUT2D eigenvalue weighted by atomic mass is 16.4. The number of carboxylic acid groups (broad SMARTS) is 1. The van der Waals surface area contributed by atoms with Gasteiger partial charge in [0, 0.05) is 31.4 Å². The first-order valence-electron chi connectivity index (χ1n) is 9.92. The van der Waals surface area contributed by atoms with Crippen molar-refractivity contribution in [3.63, 3.8) is 0 Å². The largest absolute Gasteiger partial charge is 0.465 e. The molecule has 2 aromatic heterocycles. The molecular formula is C22H26N4O2. The third kappa shape index (κ3) is 3.86. The molecule has 1 aromatic carbocycles. The van der Waals surface area contributed by atoms with E-state index in [0.717, 1.165) is 48.3 Å². The van der Waals surface area contributed by atoms with Gasteiger partial charge in [0.05, 0.1) is 17.4 Å². The zero-order valence-corrected chi connectivity index (χ0v) is 16.2. The van der Waals surface area contributed by atoms with Crippen molar-refractivity contribution in [3.05, 3.63) is 66.0 Å². The van der Waals surface area contributed by atoms with Crippen LogP contribution in [0.4, 0.5) is 4.79 Å². The topological polar surface area (TPSA) is 70.7 Å². The highest BCUT2D eigenvalue weighted by Gasteiger charge is 2.27. The maximum atomic E-state index is 11.7. The summed E-state index contributed by atoms with van der Waals surface area (Å²) in [7, 11) is 0. The van der Waals surface area contributed by atoms with E-state index in [-0.39, 0.29) is 0 Å². The molecule has 6 heteroatoms. The van der Waals surface area contributed by atoms with E-state index < -0.39 is 6.09 Å². The molecule has 0 spiro atoms. The molecule has 1 saturated carbocycles. The first kappa shape index (κ1) is 18.5. The summed E-state index contributed by atoms with van der Waals surface area (Å²) in [5.74, 6) is 1.94. The van der Waals surface area contributed by atoms with E-state index in [2.05, 4.69) is 14.4 Å². The van der Waals surface area contributed by atoms with E-state index in [1.807, 2.05) is 55.8 Å². The van der Waals surface area contributed by atoms with E-state index in [1.165, 1.54) is 0 Å². The van der Waals surface area contributed by atoms with Crippen molar-refractivity contribution in [2.75, 3.05) is 6.54 Å². The van der Waals surface area contributed by atoms with Crippen LogP contribution in [0.5, 0.6) is 0 Å². The summed E-state index contributed by atoms with van der Waals surface area (Å²) in [4.78, 5) is 22.3. The van der Waals surface area contributed by atoms with Gasteiger partial charge in [-0.25, -0.2) is 9.78 Å². The van der Waals surface area contributed by atoms with Crippen LogP contribution >= 0.6 is 0 Å². The standard InChI is InChI=1S/C22H26N4O2/c1-16-20-13-24-21(26(20)12-11-23-16)19-9-7-18(8-10-19)15-25(22(27)28)14-17-5-3-2-4-6-17/h2-6,11-13,18-19H,7-10,14-15H2,1H3,(H,27,28). The predicted molar refractivity (Wildman–Crippen MR) is 107 cm³/mol. The lowest BCUT2D eigenvalue weighted by Gasteiger charge is -2.31. The normalized spacial score (nSPS) is 19.6. The zero-order chi connectivity index (χ0) is 19.5.